The van der Waals surface area contributed by atoms with Crippen LogP contribution in [0.5, 0.6) is 11.8 Å². The standard InChI is InChI=1S/C29H30F5N5O2/c30-16-11-28(8-1-9-39(28)12-16)15-41-27-36-25-21(26(37-27)38-13-17-2-3-18(14-38)35-17)6-5-20(24(25)31)22-10-19(40)4-7-23(22)29(32,33)34/h4-7,10,16-18,35,40H,1-3,8-9,11-15H2/t16-,17?,18?,28+/m1/s1. The quantitative estimate of drug-likeness (QED) is 0.413. The molecule has 2 unspecified atom stereocenters. The summed E-state index contributed by atoms with van der Waals surface area (Å²) < 4.78 is 78.2. The number of benzene rings is 2. The van der Waals surface area contributed by atoms with Crippen LogP contribution in [0.1, 0.15) is 37.7 Å². The number of alkyl halides is 4. The van der Waals surface area contributed by atoms with Gasteiger partial charge in [-0.05, 0) is 56.5 Å². The number of anilines is 1. The Morgan fingerprint density at radius 3 is 2.59 bits per heavy atom. The molecule has 4 aliphatic rings. The number of ether oxygens (including phenoxy) is 1. The normalized spacial score (nSPS) is 28.0. The number of hydrogen-bond acceptors (Lipinski definition) is 7. The maximum Gasteiger partial charge on any atom is 0.417 e. The molecule has 5 heterocycles. The smallest absolute Gasteiger partial charge is 0.417 e. The van der Waals surface area contributed by atoms with Crippen LogP contribution in [0.3, 0.4) is 0 Å². The van der Waals surface area contributed by atoms with E-state index in [0.29, 0.717) is 37.3 Å². The minimum absolute atomic E-state index is 0.0927. The van der Waals surface area contributed by atoms with Crippen molar-refractivity contribution in [1.82, 2.24) is 20.2 Å². The third-order valence-electron chi connectivity index (χ3n) is 9.11. The van der Waals surface area contributed by atoms with Gasteiger partial charge >= 0.3 is 12.2 Å². The highest BCUT2D eigenvalue weighted by atomic mass is 19.4. The van der Waals surface area contributed by atoms with E-state index >= 15 is 4.39 Å². The lowest BCUT2D eigenvalue weighted by molar-refractivity contribution is -0.137. The van der Waals surface area contributed by atoms with Crippen molar-refractivity contribution in [3.8, 4) is 22.9 Å². The Balaban J connectivity index is 1.33. The van der Waals surface area contributed by atoms with Crippen LogP contribution in [0.15, 0.2) is 30.3 Å². The molecule has 7 rings (SSSR count). The molecule has 0 aliphatic carbocycles. The number of phenols is 1. The van der Waals surface area contributed by atoms with Gasteiger partial charge in [0.25, 0.3) is 0 Å². The number of fused-ring (bicyclic) bond motifs is 4. The molecular weight excluding hydrogens is 545 g/mol. The molecule has 1 aromatic heterocycles. The molecule has 4 fully saturated rings. The first kappa shape index (κ1) is 26.6. The number of piperazine rings is 1. The summed E-state index contributed by atoms with van der Waals surface area (Å²) in [6.45, 7) is 2.53. The Morgan fingerprint density at radius 2 is 1.83 bits per heavy atom. The molecule has 7 nitrogen and oxygen atoms in total. The lowest BCUT2D eigenvalue weighted by atomic mass is 9.95. The zero-order valence-corrected chi connectivity index (χ0v) is 22.2. The van der Waals surface area contributed by atoms with Crippen LogP contribution < -0.4 is 15.0 Å². The Hall–Kier alpha value is -3.25. The fraction of sp³-hybridized carbons (Fsp3) is 0.517. The van der Waals surface area contributed by atoms with E-state index in [9.17, 15) is 22.7 Å². The number of hydrogen-bond donors (Lipinski definition) is 2. The van der Waals surface area contributed by atoms with E-state index in [-0.39, 0.29) is 35.8 Å². The van der Waals surface area contributed by atoms with Gasteiger partial charge < -0.3 is 20.1 Å². The van der Waals surface area contributed by atoms with Crippen LogP contribution in [0, 0.1) is 5.82 Å². The summed E-state index contributed by atoms with van der Waals surface area (Å²) in [4.78, 5) is 13.2. The van der Waals surface area contributed by atoms with Gasteiger partial charge in [-0.15, -0.1) is 0 Å². The SMILES string of the molecule is Oc1ccc(C(F)(F)F)c(-c2ccc3c(N4CC5CCC(C4)N5)nc(OC[C@@]45CCCN4C[C@H](F)C5)nc3c2F)c1. The summed E-state index contributed by atoms with van der Waals surface area (Å²) in [5.41, 5.74) is -2.54. The van der Waals surface area contributed by atoms with Crippen molar-refractivity contribution in [1.29, 1.82) is 0 Å². The number of phenolic OH excluding ortho intramolecular Hbond substituents is 1. The monoisotopic (exact) mass is 575 g/mol. The third-order valence-corrected chi connectivity index (χ3v) is 9.11. The fourth-order valence-corrected chi connectivity index (χ4v) is 7.26. The van der Waals surface area contributed by atoms with Gasteiger partial charge in [-0.1, -0.05) is 6.07 Å². The molecule has 0 radical (unpaired) electrons. The van der Waals surface area contributed by atoms with Crippen molar-refractivity contribution in [2.45, 2.75) is 62.1 Å². The highest BCUT2D eigenvalue weighted by Crippen LogP contribution is 2.43. The molecule has 2 aromatic carbocycles. The molecule has 4 atom stereocenters. The first-order valence-electron chi connectivity index (χ1n) is 14.0. The first-order chi connectivity index (χ1) is 19.6. The molecule has 0 amide bonds. The molecule has 3 aromatic rings. The molecule has 2 N–H and O–H groups in total. The number of rotatable bonds is 5. The molecular formula is C29H30F5N5O2. The summed E-state index contributed by atoms with van der Waals surface area (Å²) >= 11 is 0. The number of aromatic hydroxyl groups is 1. The topological polar surface area (TPSA) is 73.8 Å². The second-order valence-electron chi connectivity index (χ2n) is 11.8. The average molecular weight is 576 g/mol. The number of halogens is 5. The lowest BCUT2D eigenvalue weighted by Crippen LogP contribution is -2.51. The zero-order valence-electron chi connectivity index (χ0n) is 22.2. The number of nitrogens with zero attached hydrogens (tertiary/aromatic N) is 4. The second kappa shape index (κ2) is 9.65. The van der Waals surface area contributed by atoms with Gasteiger partial charge in [0, 0.05) is 54.7 Å². The fourth-order valence-electron chi connectivity index (χ4n) is 7.26. The van der Waals surface area contributed by atoms with Crippen LogP contribution in [0.4, 0.5) is 27.8 Å². The van der Waals surface area contributed by atoms with E-state index in [1.165, 1.54) is 12.1 Å². The second-order valence-corrected chi connectivity index (χ2v) is 11.8. The van der Waals surface area contributed by atoms with Gasteiger partial charge in [0.1, 0.15) is 29.9 Å². The van der Waals surface area contributed by atoms with Crippen molar-refractivity contribution in [3.05, 3.63) is 41.7 Å². The number of aromatic nitrogens is 2. The van der Waals surface area contributed by atoms with Crippen LogP contribution >= 0.6 is 0 Å². The predicted octanol–water partition coefficient (Wildman–Crippen LogP) is 5.06. The number of nitrogens with one attached hydrogen (secondary N) is 1. The van der Waals surface area contributed by atoms with Gasteiger partial charge in [0.2, 0.25) is 0 Å². The van der Waals surface area contributed by atoms with Gasteiger partial charge in [0.15, 0.2) is 5.82 Å². The van der Waals surface area contributed by atoms with Crippen LogP contribution in [0.2, 0.25) is 0 Å². The Labute approximate surface area is 233 Å². The minimum Gasteiger partial charge on any atom is -0.508 e. The summed E-state index contributed by atoms with van der Waals surface area (Å²) in [5, 5.41) is 13.9. The largest absolute Gasteiger partial charge is 0.508 e. The highest BCUT2D eigenvalue weighted by Gasteiger charge is 2.49. The average Bonchev–Trinajstić information content (AvgIpc) is 3.57. The van der Waals surface area contributed by atoms with Crippen molar-refractivity contribution >= 4 is 16.7 Å². The molecule has 4 aliphatic heterocycles. The zero-order chi connectivity index (χ0) is 28.5. The van der Waals surface area contributed by atoms with Crippen LogP contribution in [-0.4, -0.2) is 76.6 Å². The van der Waals surface area contributed by atoms with Crippen LogP contribution in [0.25, 0.3) is 22.0 Å². The van der Waals surface area contributed by atoms with Crippen LogP contribution in [-0.2, 0) is 6.18 Å². The molecule has 0 saturated carbocycles. The van der Waals surface area contributed by atoms with E-state index in [1.54, 1.807) is 0 Å². The van der Waals surface area contributed by atoms with Gasteiger partial charge in [0.05, 0.1) is 11.1 Å². The van der Waals surface area contributed by atoms with E-state index < -0.39 is 40.6 Å². The summed E-state index contributed by atoms with van der Waals surface area (Å²) in [7, 11) is 0. The van der Waals surface area contributed by atoms with E-state index in [0.717, 1.165) is 50.4 Å². The van der Waals surface area contributed by atoms with E-state index in [4.69, 9.17) is 9.72 Å². The molecule has 2 bridgehead atoms. The molecule has 41 heavy (non-hydrogen) atoms. The summed E-state index contributed by atoms with van der Waals surface area (Å²) in [6, 6.07) is 5.78. The molecule has 0 spiro atoms. The van der Waals surface area contributed by atoms with E-state index in [1.807, 2.05) is 0 Å². The van der Waals surface area contributed by atoms with Gasteiger partial charge in [-0.3, -0.25) is 4.90 Å². The Bertz CT molecular complexity index is 1490. The summed E-state index contributed by atoms with van der Waals surface area (Å²) in [6.07, 6.45) is -1.67. The van der Waals surface area contributed by atoms with Gasteiger partial charge in [-0.25, -0.2) is 8.78 Å². The molecule has 12 heteroatoms. The highest BCUT2D eigenvalue weighted by molar-refractivity contribution is 5.94. The molecule has 218 valence electrons. The minimum atomic E-state index is -4.77. The Kier molecular flexibility index (Phi) is 6.27. The third kappa shape index (κ3) is 4.64. The summed E-state index contributed by atoms with van der Waals surface area (Å²) in [5.74, 6) is -0.925. The van der Waals surface area contributed by atoms with Crippen molar-refractivity contribution in [3.63, 3.8) is 0 Å². The maximum absolute atomic E-state index is 16.3. The van der Waals surface area contributed by atoms with Gasteiger partial charge in [-0.2, -0.15) is 23.1 Å². The first-order valence-corrected chi connectivity index (χ1v) is 14.0. The lowest BCUT2D eigenvalue weighted by Gasteiger charge is -2.34. The maximum atomic E-state index is 16.3. The van der Waals surface area contributed by atoms with Crippen molar-refractivity contribution < 1.29 is 31.8 Å². The molecule has 4 saturated heterocycles. The van der Waals surface area contributed by atoms with Crippen molar-refractivity contribution in [2.75, 3.05) is 37.7 Å². The Morgan fingerprint density at radius 1 is 1.05 bits per heavy atom. The van der Waals surface area contributed by atoms with Crippen molar-refractivity contribution in [2.24, 2.45) is 0 Å². The van der Waals surface area contributed by atoms with E-state index in [2.05, 4.69) is 20.1 Å². The predicted molar refractivity (Wildman–Crippen MR) is 142 cm³/mol.